The summed E-state index contributed by atoms with van der Waals surface area (Å²) in [5.41, 5.74) is -0.271. The van der Waals surface area contributed by atoms with Crippen LogP contribution in [0, 0.1) is 0 Å². The van der Waals surface area contributed by atoms with Crippen molar-refractivity contribution in [3.05, 3.63) is 12.3 Å². The Morgan fingerprint density at radius 1 is 1.43 bits per heavy atom. The molecule has 0 N–H and O–H groups in total. The van der Waals surface area contributed by atoms with Crippen LogP contribution in [-0.4, -0.2) is 17.7 Å². The van der Waals surface area contributed by atoms with Gasteiger partial charge in [-0.2, -0.15) is 0 Å². The highest BCUT2D eigenvalue weighted by atomic mass is 16.5. The molecule has 0 fully saturated rings. The smallest absolute Gasteiger partial charge is 0.334 e. The van der Waals surface area contributed by atoms with E-state index in [1.807, 2.05) is 34.6 Å². The van der Waals surface area contributed by atoms with Crippen molar-refractivity contribution in [3.8, 4) is 0 Å². The largest absolute Gasteiger partial charge is 0.495 e. The Kier molecular flexibility index (Phi) is 5.28. The first-order valence-corrected chi connectivity index (χ1v) is 4.90. The second-order valence-electron chi connectivity index (χ2n) is 4.19. The lowest BCUT2D eigenvalue weighted by Crippen LogP contribution is -2.16. The summed E-state index contributed by atoms with van der Waals surface area (Å²) in [7, 11) is 0. The van der Waals surface area contributed by atoms with Crippen molar-refractivity contribution in [2.75, 3.05) is 0 Å². The van der Waals surface area contributed by atoms with Crippen LogP contribution in [0.4, 0.5) is 0 Å². The molecule has 82 valence electrons. The molecule has 1 atom stereocenters. The SMILES string of the molecule is CCC(C)OC(=O)C=COC(C)(C)C. The molecule has 0 aliphatic rings. The molecular weight excluding hydrogens is 180 g/mol. The highest BCUT2D eigenvalue weighted by Gasteiger charge is 2.08. The summed E-state index contributed by atoms with van der Waals surface area (Å²) in [4.78, 5) is 11.1. The maximum absolute atomic E-state index is 11.1. The predicted octanol–water partition coefficient (Wildman–Crippen LogP) is 2.66. The molecule has 0 aromatic rings. The van der Waals surface area contributed by atoms with Gasteiger partial charge < -0.3 is 9.47 Å². The van der Waals surface area contributed by atoms with Crippen molar-refractivity contribution in [3.63, 3.8) is 0 Å². The van der Waals surface area contributed by atoms with E-state index in [-0.39, 0.29) is 17.7 Å². The van der Waals surface area contributed by atoms with E-state index in [2.05, 4.69) is 0 Å². The Morgan fingerprint density at radius 3 is 2.43 bits per heavy atom. The van der Waals surface area contributed by atoms with Gasteiger partial charge in [0.15, 0.2) is 0 Å². The van der Waals surface area contributed by atoms with Crippen LogP contribution in [0.15, 0.2) is 12.3 Å². The Balaban J connectivity index is 3.83. The second kappa shape index (κ2) is 5.68. The third kappa shape index (κ3) is 7.65. The molecular formula is C11H20O3. The van der Waals surface area contributed by atoms with Crippen LogP contribution in [-0.2, 0) is 14.3 Å². The fraction of sp³-hybridized carbons (Fsp3) is 0.727. The van der Waals surface area contributed by atoms with E-state index in [1.165, 1.54) is 12.3 Å². The third-order valence-electron chi connectivity index (χ3n) is 1.52. The fourth-order valence-electron chi connectivity index (χ4n) is 0.615. The molecule has 0 amide bonds. The zero-order valence-electron chi connectivity index (χ0n) is 9.66. The number of carbonyl (C=O) groups is 1. The van der Waals surface area contributed by atoms with Crippen molar-refractivity contribution >= 4 is 5.97 Å². The van der Waals surface area contributed by atoms with Crippen LogP contribution >= 0.6 is 0 Å². The molecule has 0 aliphatic heterocycles. The van der Waals surface area contributed by atoms with Gasteiger partial charge in [0.25, 0.3) is 0 Å². The number of hydrogen-bond donors (Lipinski definition) is 0. The van der Waals surface area contributed by atoms with Crippen LogP contribution in [0.2, 0.25) is 0 Å². The van der Waals surface area contributed by atoms with E-state index in [0.717, 1.165) is 6.42 Å². The lowest BCUT2D eigenvalue weighted by molar-refractivity contribution is -0.142. The minimum absolute atomic E-state index is 0.0400. The third-order valence-corrected chi connectivity index (χ3v) is 1.52. The van der Waals surface area contributed by atoms with Gasteiger partial charge in [-0.15, -0.1) is 0 Å². The highest BCUT2D eigenvalue weighted by Crippen LogP contribution is 2.06. The molecule has 3 nitrogen and oxygen atoms in total. The van der Waals surface area contributed by atoms with Crippen LogP contribution in [0.1, 0.15) is 41.0 Å². The van der Waals surface area contributed by atoms with Crippen molar-refractivity contribution in [2.45, 2.75) is 52.7 Å². The lowest BCUT2D eigenvalue weighted by Gasteiger charge is -2.17. The average Bonchev–Trinajstić information content (AvgIpc) is 2.01. The van der Waals surface area contributed by atoms with Crippen LogP contribution in [0.5, 0.6) is 0 Å². The van der Waals surface area contributed by atoms with Crippen molar-refractivity contribution in [1.82, 2.24) is 0 Å². The van der Waals surface area contributed by atoms with E-state index in [0.29, 0.717) is 0 Å². The molecule has 0 aliphatic carbocycles. The maximum atomic E-state index is 11.1. The van der Waals surface area contributed by atoms with Gasteiger partial charge in [-0.3, -0.25) is 0 Å². The predicted molar refractivity (Wildman–Crippen MR) is 55.8 cm³/mol. The van der Waals surface area contributed by atoms with E-state index < -0.39 is 0 Å². The van der Waals surface area contributed by atoms with Crippen molar-refractivity contribution in [1.29, 1.82) is 0 Å². The number of ether oxygens (including phenoxy) is 2. The Labute approximate surface area is 86.1 Å². The minimum atomic E-state index is -0.358. The maximum Gasteiger partial charge on any atom is 0.334 e. The van der Waals surface area contributed by atoms with E-state index >= 15 is 0 Å². The average molecular weight is 200 g/mol. The van der Waals surface area contributed by atoms with Gasteiger partial charge >= 0.3 is 5.97 Å². The van der Waals surface area contributed by atoms with Crippen LogP contribution < -0.4 is 0 Å². The molecule has 0 aromatic heterocycles. The molecule has 0 spiro atoms. The van der Waals surface area contributed by atoms with Gasteiger partial charge in [-0.05, 0) is 34.1 Å². The quantitative estimate of drug-likeness (QED) is 0.397. The van der Waals surface area contributed by atoms with E-state index in [9.17, 15) is 4.79 Å². The number of carbonyl (C=O) groups excluding carboxylic acids is 1. The summed E-state index contributed by atoms with van der Waals surface area (Å²) in [5.74, 6) is -0.358. The van der Waals surface area contributed by atoms with Gasteiger partial charge in [-0.25, -0.2) is 4.79 Å². The zero-order chi connectivity index (χ0) is 11.2. The molecule has 0 bridgehead atoms. The molecule has 0 aromatic carbocycles. The normalized spacial score (nSPS) is 14.1. The first kappa shape index (κ1) is 13.0. The van der Waals surface area contributed by atoms with Crippen molar-refractivity contribution in [2.24, 2.45) is 0 Å². The zero-order valence-corrected chi connectivity index (χ0v) is 9.66. The molecule has 3 heteroatoms. The van der Waals surface area contributed by atoms with E-state index in [1.54, 1.807) is 0 Å². The van der Waals surface area contributed by atoms with Crippen molar-refractivity contribution < 1.29 is 14.3 Å². The number of rotatable bonds is 4. The monoisotopic (exact) mass is 200 g/mol. The highest BCUT2D eigenvalue weighted by molar-refractivity contribution is 5.81. The summed E-state index contributed by atoms with van der Waals surface area (Å²) < 4.78 is 10.2. The first-order chi connectivity index (χ1) is 6.35. The summed E-state index contributed by atoms with van der Waals surface area (Å²) in [6.45, 7) is 9.57. The summed E-state index contributed by atoms with van der Waals surface area (Å²) >= 11 is 0. The molecule has 0 radical (unpaired) electrons. The molecule has 1 unspecified atom stereocenters. The van der Waals surface area contributed by atoms with Gasteiger partial charge in [0.05, 0.1) is 24.0 Å². The lowest BCUT2D eigenvalue weighted by atomic mass is 10.2. The topological polar surface area (TPSA) is 35.5 Å². The van der Waals surface area contributed by atoms with Gasteiger partial charge in [-0.1, -0.05) is 6.92 Å². The van der Waals surface area contributed by atoms with E-state index in [4.69, 9.17) is 9.47 Å². The standard InChI is InChI=1S/C11H20O3/c1-6-9(2)14-10(12)7-8-13-11(3,4)5/h7-9H,6H2,1-5H3. The minimum Gasteiger partial charge on any atom is -0.495 e. The molecule has 14 heavy (non-hydrogen) atoms. The van der Waals surface area contributed by atoms with Gasteiger partial charge in [0.1, 0.15) is 0 Å². The Morgan fingerprint density at radius 2 is 2.00 bits per heavy atom. The molecule has 0 heterocycles. The summed E-state index contributed by atoms with van der Waals surface area (Å²) in [6, 6.07) is 0. The summed E-state index contributed by atoms with van der Waals surface area (Å²) in [6.07, 6.45) is 3.46. The van der Waals surface area contributed by atoms with Gasteiger partial charge in [0, 0.05) is 0 Å². The second-order valence-corrected chi connectivity index (χ2v) is 4.19. The first-order valence-electron chi connectivity index (χ1n) is 4.90. The number of hydrogen-bond acceptors (Lipinski definition) is 3. The fourth-order valence-corrected chi connectivity index (χ4v) is 0.615. The van der Waals surface area contributed by atoms with Crippen LogP contribution in [0.3, 0.4) is 0 Å². The molecule has 0 saturated carbocycles. The van der Waals surface area contributed by atoms with Gasteiger partial charge in [0.2, 0.25) is 0 Å². The Bertz CT molecular complexity index is 201. The molecule has 0 rings (SSSR count). The summed E-state index contributed by atoms with van der Waals surface area (Å²) in [5, 5.41) is 0. The van der Waals surface area contributed by atoms with Crippen LogP contribution in [0.25, 0.3) is 0 Å². The molecule has 0 saturated heterocycles. The number of esters is 1. The Hall–Kier alpha value is -0.990.